The summed E-state index contributed by atoms with van der Waals surface area (Å²) in [7, 11) is 0. The van der Waals surface area contributed by atoms with Gasteiger partial charge in [-0.05, 0) is 50.5 Å². The largest absolute Gasteiger partial charge is 0.472 e. The van der Waals surface area contributed by atoms with Crippen LogP contribution in [0.2, 0.25) is 0 Å². The van der Waals surface area contributed by atoms with E-state index in [1.807, 2.05) is 26.8 Å². The van der Waals surface area contributed by atoms with E-state index in [1.165, 1.54) is 13.1 Å². The van der Waals surface area contributed by atoms with Gasteiger partial charge in [0.15, 0.2) is 0 Å². The maximum Gasteiger partial charge on any atom is 0.340 e. The Bertz CT molecular complexity index is 1530. The van der Waals surface area contributed by atoms with Crippen LogP contribution in [-0.4, -0.2) is 74.8 Å². The van der Waals surface area contributed by atoms with Crippen molar-refractivity contribution in [3.05, 3.63) is 54.2 Å². The number of aliphatic hydroxyl groups excluding tert-OH is 2. The molecule has 0 amide bonds. The van der Waals surface area contributed by atoms with Crippen molar-refractivity contribution < 1.29 is 48.0 Å². The number of carbonyl (C=O) groups is 3. The first-order chi connectivity index (χ1) is 21.1. The molecule has 11 heteroatoms. The van der Waals surface area contributed by atoms with Gasteiger partial charge in [-0.2, -0.15) is 0 Å². The Morgan fingerprint density at radius 2 is 1.80 bits per heavy atom. The topological polar surface area (TPSA) is 158 Å². The van der Waals surface area contributed by atoms with Crippen LogP contribution < -0.4 is 0 Å². The summed E-state index contributed by atoms with van der Waals surface area (Å²) in [5, 5.41) is 25.2. The predicted molar refractivity (Wildman–Crippen MR) is 155 cm³/mol. The Morgan fingerprint density at radius 1 is 1.04 bits per heavy atom. The monoisotopic (exact) mass is 623 g/mol. The molecule has 2 aromatic heterocycles. The SMILES string of the molecule is CC(=O)OC1CC(=O)OC(C)(C)C2CC(O)C3(C)C(C(O)C(OC(=O)c4cccnc4)C4(C)C(c5ccoc5)CC5OC543)C12C. The number of hydrogen-bond donors (Lipinski definition) is 2. The first kappa shape index (κ1) is 30.4. The van der Waals surface area contributed by atoms with Gasteiger partial charge in [0.05, 0.1) is 42.8 Å². The van der Waals surface area contributed by atoms with Gasteiger partial charge in [0.25, 0.3) is 0 Å². The summed E-state index contributed by atoms with van der Waals surface area (Å²) >= 11 is 0. The smallest absolute Gasteiger partial charge is 0.340 e. The molecule has 0 bridgehead atoms. The summed E-state index contributed by atoms with van der Waals surface area (Å²) in [6.07, 6.45) is 1.95. The number of aliphatic hydroxyl groups is 2. The Morgan fingerprint density at radius 3 is 2.44 bits per heavy atom. The van der Waals surface area contributed by atoms with Crippen LogP contribution in [0.1, 0.15) is 82.6 Å². The molecule has 5 fully saturated rings. The molecule has 2 N–H and O–H groups in total. The Hall–Kier alpha value is -3.28. The van der Waals surface area contributed by atoms with Crippen molar-refractivity contribution in [3.63, 3.8) is 0 Å². The lowest BCUT2D eigenvalue weighted by atomic mass is 9.36. The number of esters is 3. The van der Waals surface area contributed by atoms with E-state index in [0.29, 0.717) is 6.42 Å². The van der Waals surface area contributed by atoms with Gasteiger partial charge in [0, 0.05) is 53.3 Å². The molecule has 2 saturated heterocycles. The molecule has 12 atom stereocenters. The number of nitrogens with zero attached hydrogens (tertiary/aromatic N) is 1. The second kappa shape index (κ2) is 9.62. The number of aromatic nitrogens is 1. The van der Waals surface area contributed by atoms with Gasteiger partial charge in [-0.25, -0.2) is 4.79 Å². The molecule has 242 valence electrons. The fourth-order valence-corrected chi connectivity index (χ4v) is 11.0. The number of pyridine rings is 1. The third kappa shape index (κ3) is 3.74. The highest BCUT2D eigenvalue weighted by atomic mass is 16.6. The molecule has 7 rings (SSSR count). The number of rotatable bonds is 4. The average molecular weight is 624 g/mol. The molecule has 0 radical (unpaired) electrons. The molecule has 1 spiro atoms. The van der Waals surface area contributed by atoms with Gasteiger partial charge < -0.3 is 33.6 Å². The van der Waals surface area contributed by atoms with Crippen molar-refractivity contribution in [1.29, 1.82) is 0 Å². The first-order valence-electron chi connectivity index (χ1n) is 15.7. The van der Waals surface area contributed by atoms with Crippen LogP contribution in [-0.2, 0) is 28.5 Å². The molecule has 11 nitrogen and oxygen atoms in total. The number of furan rings is 1. The molecule has 5 aliphatic rings. The standard InChI is InChI=1S/C34H41NO10/c1-17(36)42-23-14-25(38)45-30(2,3)21-13-22(37)33(6)27(31(21,23)4)26(39)28(43-29(40)18-8-7-10-35-15-18)32(5)20(19-9-11-41-16-19)12-24-34(32,33)44-24/h7-11,15-16,20-24,26-28,37,39H,12-14H2,1-6H3. The predicted octanol–water partition coefficient (Wildman–Crippen LogP) is 3.57. The van der Waals surface area contributed by atoms with Crippen molar-refractivity contribution >= 4 is 17.9 Å². The zero-order valence-electron chi connectivity index (χ0n) is 26.4. The fourth-order valence-electron chi connectivity index (χ4n) is 11.0. The molecule has 3 saturated carbocycles. The number of hydrogen-bond acceptors (Lipinski definition) is 11. The lowest BCUT2D eigenvalue weighted by molar-refractivity contribution is -0.310. The van der Waals surface area contributed by atoms with Crippen LogP contribution in [0.25, 0.3) is 0 Å². The number of carbonyl (C=O) groups excluding carboxylic acids is 3. The maximum absolute atomic E-state index is 13.8. The van der Waals surface area contributed by atoms with Crippen molar-refractivity contribution in [2.45, 2.75) is 108 Å². The van der Waals surface area contributed by atoms with Crippen molar-refractivity contribution in [3.8, 4) is 0 Å². The molecule has 3 aliphatic carbocycles. The van der Waals surface area contributed by atoms with E-state index in [4.69, 9.17) is 23.4 Å². The molecule has 4 heterocycles. The fraction of sp³-hybridized carbons (Fsp3) is 0.647. The van der Waals surface area contributed by atoms with Gasteiger partial charge in [0.2, 0.25) is 0 Å². The summed E-state index contributed by atoms with van der Waals surface area (Å²) in [6.45, 7) is 10.7. The molecule has 45 heavy (non-hydrogen) atoms. The molecular formula is C34H41NO10. The number of epoxide rings is 1. The minimum absolute atomic E-state index is 0.207. The highest BCUT2D eigenvalue weighted by Gasteiger charge is 2.91. The van der Waals surface area contributed by atoms with Crippen molar-refractivity contribution in [2.24, 2.45) is 28.1 Å². The van der Waals surface area contributed by atoms with E-state index < -0.39 is 81.6 Å². The van der Waals surface area contributed by atoms with E-state index in [-0.39, 0.29) is 30.4 Å². The van der Waals surface area contributed by atoms with Gasteiger partial charge >= 0.3 is 17.9 Å². The summed E-state index contributed by atoms with van der Waals surface area (Å²) < 4.78 is 30.5. The van der Waals surface area contributed by atoms with E-state index in [9.17, 15) is 24.6 Å². The van der Waals surface area contributed by atoms with Gasteiger partial charge in [-0.1, -0.05) is 20.8 Å². The quantitative estimate of drug-likeness (QED) is 0.291. The molecule has 0 aromatic carbocycles. The van der Waals surface area contributed by atoms with Crippen LogP contribution in [0.3, 0.4) is 0 Å². The lowest BCUT2D eigenvalue weighted by Gasteiger charge is -2.69. The van der Waals surface area contributed by atoms with Crippen LogP contribution in [0.5, 0.6) is 0 Å². The Labute approximate surface area is 261 Å². The summed E-state index contributed by atoms with van der Waals surface area (Å²) in [5.41, 5.74) is -4.27. The van der Waals surface area contributed by atoms with Gasteiger partial charge in [-0.15, -0.1) is 0 Å². The lowest BCUT2D eigenvalue weighted by Crippen LogP contribution is -2.78. The van der Waals surface area contributed by atoms with Crippen LogP contribution >= 0.6 is 0 Å². The van der Waals surface area contributed by atoms with E-state index in [2.05, 4.69) is 4.98 Å². The summed E-state index contributed by atoms with van der Waals surface area (Å²) in [5.74, 6) is -3.41. The minimum Gasteiger partial charge on any atom is -0.472 e. The van der Waals surface area contributed by atoms with E-state index in [1.54, 1.807) is 44.7 Å². The third-order valence-corrected chi connectivity index (χ3v) is 12.6. The number of ether oxygens (including phenoxy) is 4. The summed E-state index contributed by atoms with van der Waals surface area (Å²) in [4.78, 5) is 43.6. The highest BCUT2D eigenvalue weighted by molar-refractivity contribution is 5.89. The number of fused-ring (bicyclic) bond motifs is 3. The third-order valence-electron chi connectivity index (χ3n) is 12.6. The van der Waals surface area contributed by atoms with E-state index in [0.717, 1.165) is 5.56 Å². The number of cyclic esters (lactones) is 1. The zero-order valence-corrected chi connectivity index (χ0v) is 26.4. The van der Waals surface area contributed by atoms with Gasteiger partial charge in [0.1, 0.15) is 23.4 Å². The molecule has 12 unspecified atom stereocenters. The molecule has 2 aliphatic heterocycles. The minimum atomic E-state index is -1.37. The maximum atomic E-state index is 13.8. The second-order valence-electron chi connectivity index (χ2n) is 14.8. The molecular weight excluding hydrogens is 582 g/mol. The molecule has 2 aromatic rings. The van der Waals surface area contributed by atoms with Crippen LogP contribution in [0.15, 0.2) is 47.5 Å². The van der Waals surface area contributed by atoms with Crippen molar-refractivity contribution in [1.82, 2.24) is 4.98 Å². The Kier molecular flexibility index (Phi) is 6.49. The van der Waals surface area contributed by atoms with Crippen molar-refractivity contribution in [2.75, 3.05) is 0 Å². The van der Waals surface area contributed by atoms with Gasteiger partial charge in [-0.3, -0.25) is 14.6 Å². The summed E-state index contributed by atoms with van der Waals surface area (Å²) in [6, 6.07) is 5.10. The zero-order chi connectivity index (χ0) is 32.3. The van der Waals surface area contributed by atoms with E-state index >= 15 is 0 Å². The average Bonchev–Trinajstić information content (AvgIpc) is 3.35. The normalized spacial score (nSPS) is 45.9. The Balaban J connectivity index is 1.45. The van der Waals surface area contributed by atoms with Crippen LogP contribution in [0, 0.1) is 28.1 Å². The highest BCUT2D eigenvalue weighted by Crippen LogP contribution is 2.82. The van der Waals surface area contributed by atoms with Crippen LogP contribution in [0.4, 0.5) is 0 Å². The second-order valence-corrected chi connectivity index (χ2v) is 14.8. The first-order valence-corrected chi connectivity index (χ1v) is 15.7.